The molecule has 0 fully saturated rings. The molecule has 1 aliphatic rings. The van der Waals surface area contributed by atoms with Crippen LogP contribution in [0.25, 0.3) is 0 Å². The number of ether oxygens (including phenoxy) is 2. The van der Waals surface area contributed by atoms with Crippen LogP contribution in [0.1, 0.15) is 27.4 Å². The first-order chi connectivity index (χ1) is 18.5. The number of amides is 2. The zero-order valence-corrected chi connectivity index (χ0v) is 20.8. The highest BCUT2D eigenvalue weighted by atomic mass is 16.5. The number of aromatic nitrogens is 2. The minimum Gasteiger partial charge on any atom is -0.489 e. The number of fused-ring (bicyclic) bond motifs is 1. The molecule has 1 N–H and O–H groups in total. The first kappa shape index (κ1) is 24.5. The summed E-state index contributed by atoms with van der Waals surface area (Å²) in [5, 5.41) is 2.74. The number of likely N-dealkylation sites (N-methyl/N-ethyl adjacent to an activating group) is 1. The maximum absolute atomic E-state index is 13.3. The molecule has 0 saturated carbocycles. The second kappa shape index (κ2) is 10.8. The lowest BCUT2D eigenvalue weighted by Gasteiger charge is -2.20. The van der Waals surface area contributed by atoms with E-state index in [2.05, 4.69) is 27.1 Å². The quantitative estimate of drug-likeness (QED) is 0.420. The lowest BCUT2D eigenvalue weighted by atomic mass is 10.1. The van der Waals surface area contributed by atoms with Crippen molar-refractivity contribution < 1.29 is 19.1 Å². The molecule has 2 amide bonds. The Kier molecular flexibility index (Phi) is 7.00. The number of hydrogen-bond donors (Lipinski definition) is 1. The molecule has 0 bridgehead atoms. The van der Waals surface area contributed by atoms with E-state index in [1.807, 2.05) is 61.5 Å². The standard InChI is InChI=1S/C30H24N4O4/c1-20-7-6-8-22(32-20)13-11-21-12-14-28-27(17-21)34(2)30(36)26(19-37-28)33-29(35)25-18-24(15-16-31-25)38-23-9-4-3-5-10-23/h3-10,12,14-18,26H,19H2,1-2H3,(H,33,35)/t26-/m0/s1. The van der Waals surface area contributed by atoms with Crippen molar-refractivity contribution in [3.63, 3.8) is 0 Å². The Balaban J connectivity index is 1.30. The van der Waals surface area contributed by atoms with Crippen molar-refractivity contribution in [2.45, 2.75) is 13.0 Å². The van der Waals surface area contributed by atoms with Gasteiger partial charge in [-0.15, -0.1) is 0 Å². The van der Waals surface area contributed by atoms with Gasteiger partial charge in [0.2, 0.25) is 0 Å². The van der Waals surface area contributed by atoms with Crippen molar-refractivity contribution in [1.82, 2.24) is 15.3 Å². The fraction of sp³-hybridized carbons (Fsp3) is 0.133. The van der Waals surface area contributed by atoms with Gasteiger partial charge in [0.05, 0.1) is 5.69 Å². The third-order valence-corrected chi connectivity index (χ3v) is 5.83. The summed E-state index contributed by atoms with van der Waals surface area (Å²) in [7, 11) is 1.64. The van der Waals surface area contributed by atoms with Crippen molar-refractivity contribution in [3.05, 3.63) is 108 Å². The van der Waals surface area contributed by atoms with Crippen LogP contribution in [0.3, 0.4) is 0 Å². The summed E-state index contributed by atoms with van der Waals surface area (Å²) in [6, 6.07) is 22.5. The normalized spacial score (nSPS) is 14.3. The highest BCUT2D eigenvalue weighted by Gasteiger charge is 2.31. The first-order valence-corrected chi connectivity index (χ1v) is 12.0. The molecule has 3 heterocycles. The van der Waals surface area contributed by atoms with E-state index in [0.717, 1.165) is 5.69 Å². The van der Waals surface area contributed by atoms with Crippen LogP contribution in [-0.4, -0.2) is 41.5 Å². The monoisotopic (exact) mass is 504 g/mol. The van der Waals surface area contributed by atoms with Gasteiger partial charge in [0.15, 0.2) is 0 Å². The van der Waals surface area contributed by atoms with Crippen LogP contribution in [0.4, 0.5) is 5.69 Å². The molecule has 2 aromatic heterocycles. The van der Waals surface area contributed by atoms with Crippen LogP contribution >= 0.6 is 0 Å². The van der Waals surface area contributed by atoms with Crippen molar-refractivity contribution in [2.75, 3.05) is 18.6 Å². The number of hydrogen-bond acceptors (Lipinski definition) is 6. The number of carbonyl (C=O) groups is 2. The topological polar surface area (TPSA) is 93.7 Å². The van der Waals surface area contributed by atoms with Gasteiger partial charge < -0.3 is 19.7 Å². The van der Waals surface area contributed by atoms with Crippen LogP contribution in [0.15, 0.2) is 85.1 Å². The lowest BCUT2D eigenvalue weighted by Crippen LogP contribution is -2.49. The summed E-state index contributed by atoms with van der Waals surface area (Å²) < 4.78 is 11.7. The highest BCUT2D eigenvalue weighted by molar-refractivity contribution is 6.03. The maximum atomic E-state index is 13.3. The number of rotatable bonds is 4. The zero-order chi connectivity index (χ0) is 26.5. The summed E-state index contributed by atoms with van der Waals surface area (Å²) in [5.41, 5.74) is 2.94. The second-order valence-corrected chi connectivity index (χ2v) is 8.62. The molecule has 188 valence electrons. The Morgan fingerprint density at radius 2 is 1.87 bits per heavy atom. The number of para-hydroxylation sites is 1. The Morgan fingerprint density at radius 3 is 2.68 bits per heavy atom. The molecule has 38 heavy (non-hydrogen) atoms. The van der Waals surface area contributed by atoms with Crippen molar-refractivity contribution in [2.24, 2.45) is 0 Å². The lowest BCUT2D eigenvalue weighted by molar-refractivity contribution is -0.120. The van der Waals surface area contributed by atoms with Crippen molar-refractivity contribution in [3.8, 4) is 29.1 Å². The molecule has 5 rings (SSSR count). The minimum absolute atomic E-state index is 0.0274. The summed E-state index contributed by atoms with van der Waals surface area (Å²) in [6.07, 6.45) is 1.48. The molecule has 0 unspecified atom stereocenters. The van der Waals surface area contributed by atoms with E-state index < -0.39 is 11.9 Å². The van der Waals surface area contributed by atoms with Gasteiger partial charge in [-0.1, -0.05) is 30.2 Å². The van der Waals surface area contributed by atoms with Gasteiger partial charge in [0, 0.05) is 30.6 Å². The Hall–Kier alpha value is -5.16. The second-order valence-electron chi connectivity index (χ2n) is 8.62. The van der Waals surface area contributed by atoms with Gasteiger partial charge in [-0.3, -0.25) is 14.6 Å². The van der Waals surface area contributed by atoms with Gasteiger partial charge in [-0.25, -0.2) is 4.98 Å². The third kappa shape index (κ3) is 5.63. The molecule has 1 aliphatic heterocycles. The number of nitrogens with zero attached hydrogens (tertiary/aromatic N) is 3. The van der Waals surface area contributed by atoms with E-state index in [-0.39, 0.29) is 18.2 Å². The molecule has 4 aromatic rings. The van der Waals surface area contributed by atoms with Gasteiger partial charge >= 0.3 is 0 Å². The van der Waals surface area contributed by atoms with Crippen LogP contribution in [0.2, 0.25) is 0 Å². The predicted octanol–water partition coefficient (Wildman–Crippen LogP) is 4.13. The minimum atomic E-state index is -0.911. The van der Waals surface area contributed by atoms with Crippen LogP contribution < -0.4 is 19.7 Å². The van der Waals surface area contributed by atoms with E-state index >= 15 is 0 Å². The predicted molar refractivity (Wildman–Crippen MR) is 142 cm³/mol. The van der Waals surface area contributed by atoms with Gasteiger partial charge in [-0.2, -0.15) is 0 Å². The molecule has 0 aliphatic carbocycles. The number of benzene rings is 2. The number of aryl methyl sites for hydroxylation is 1. The summed E-state index contributed by atoms with van der Waals surface area (Å²) in [4.78, 5) is 36.2. The van der Waals surface area contributed by atoms with Gasteiger partial charge in [-0.05, 0) is 61.4 Å². The fourth-order valence-corrected chi connectivity index (χ4v) is 3.88. The summed E-state index contributed by atoms with van der Waals surface area (Å²) in [5.74, 6) is 6.91. The summed E-state index contributed by atoms with van der Waals surface area (Å²) in [6.45, 7) is 1.88. The molecule has 1 atom stereocenters. The average molecular weight is 505 g/mol. The molecule has 8 nitrogen and oxygen atoms in total. The van der Waals surface area contributed by atoms with E-state index in [1.54, 1.807) is 25.2 Å². The molecule has 0 radical (unpaired) electrons. The molecular formula is C30H24N4O4. The number of pyridine rings is 2. The van der Waals surface area contributed by atoms with Crippen LogP contribution in [0.5, 0.6) is 17.2 Å². The highest BCUT2D eigenvalue weighted by Crippen LogP contribution is 2.31. The Morgan fingerprint density at radius 1 is 1.03 bits per heavy atom. The van der Waals surface area contributed by atoms with Crippen molar-refractivity contribution >= 4 is 17.5 Å². The fourth-order valence-electron chi connectivity index (χ4n) is 3.88. The smallest absolute Gasteiger partial charge is 0.270 e. The Labute approximate surface area is 220 Å². The Bertz CT molecular complexity index is 1560. The van der Waals surface area contributed by atoms with Crippen molar-refractivity contribution in [1.29, 1.82) is 0 Å². The number of carbonyl (C=O) groups excluding carboxylic acids is 2. The molecule has 0 saturated heterocycles. The summed E-state index contributed by atoms with van der Waals surface area (Å²) >= 11 is 0. The SMILES string of the molecule is Cc1cccc(C#Cc2ccc3c(c2)N(C)C(=O)[C@@H](NC(=O)c2cc(Oc4ccccc4)ccn2)CO3)n1. The zero-order valence-electron chi connectivity index (χ0n) is 20.8. The van der Waals surface area contributed by atoms with Crippen LogP contribution in [0, 0.1) is 18.8 Å². The number of nitrogens with one attached hydrogen (secondary N) is 1. The average Bonchev–Trinajstić information content (AvgIpc) is 3.04. The van der Waals surface area contributed by atoms with E-state index in [1.165, 1.54) is 17.2 Å². The largest absolute Gasteiger partial charge is 0.489 e. The first-order valence-electron chi connectivity index (χ1n) is 12.0. The van der Waals surface area contributed by atoms with Gasteiger partial charge in [0.1, 0.15) is 41.3 Å². The molecule has 8 heteroatoms. The molecular weight excluding hydrogens is 480 g/mol. The van der Waals surface area contributed by atoms with E-state index in [0.29, 0.717) is 34.2 Å². The van der Waals surface area contributed by atoms with Gasteiger partial charge in [0.25, 0.3) is 11.8 Å². The number of anilines is 1. The van der Waals surface area contributed by atoms with E-state index in [4.69, 9.17) is 9.47 Å². The molecule has 0 spiro atoms. The third-order valence-electron chi connectivity index (χ3n) is 5.83. The van der Waals surface area contributed by atoms with E-state index in [9.17, 15) is 9.59 Å². The van der Waals surface area contributed by atoms with Crippen LogP contribution in [-0.2, 0) is 4.79 Å². The maximum Gasteiger partial charge on any atom is 0.270 e. The molecule has 2 aromatic carbocycles.